The molecule has 1 aromatic rings. The second-order valence-corrected chi connectivity index (χ2v) is 7.53. The van der Waals surface area contributed by atoms with Gasteiger partial charge in [0.15, 0.2) is 0 Å². The fourth-order valence-corrected chi connectivity index (χ4v) is 3.04. The first-order valence-electron chi connectivity index (χ1n) is 7.47. The van der Waals surface area contributed by atoms with Crippen molar-refractivity contribution < 1.29 is 13.9 Å². The first kappa shape index (κ1) is 18.3. The van der Waals surface area contributed by atoms with Crippen LogP contribution in [0.1, 0.15) is 45.7 Å². The van der Waals surface area contributed by atoms with Crippen LogP contribution in [0.15, 0.2) is 12.1 Å². The van der Waals surface area contributed by atoms with Crippen LogP contribution in [0.2, 0.25) is 10.0 Å². The minimum Gasteiger partial charge on any atom is -0.444 e. The van der Waals surface area contributed by atoms with Gasteiger partial charge in [0.1, 0.15) is 11.4 Å². The number of carbonyl (C=O) groups is 1. The Morgan fingerprint density at radius 2 is 2.00 bits per heavy atom. The molecule has 1 fully saturated rings. The fraction of sp³-hybridized carbons (Fsp3) is 0.562. The van der Waals surface area contributed by atoms with Crippen molar-refractivity contribution in [2.45, 2.75) is 57.8 Å². The van der Waals surface area contributed by atoms with E-state index in [1.165, 1.54) is 12.1 Å². The first-order chi connectivity index (χ1) is 10.6. The Hall–Kier alpha value is -1.04. The summed E-state index contributed by atoms with van der Waals surface area (Å²) in [7, 11) is 0. The number of hydrogen-bond donors (Lipinski definition) is 2. The Morgan fingerprint density at radius 1 is 1.35 bits per heavy atom. The van der Waals surface area contributed by atoms with Crippen LogP contribution < -0.4 is 10.6 Å². The van der Waals surface area contributed by atoms with Gasteiger partial charge in [-0.2, -0.15) is 0 Å². The minimum absolute atomic E-state index is 0.0154. The van der Waals surface area contributed by atoms with E-state index in [1.54, 1.807) is 0 Å². The molecule has 23 heavy (non-hydrogen) atoms. The average molecular weight is 363 g/mol. The molecule has 2 N–H and O–H groups in total. The fourth-order valence-electron chi connectivity index (χ4n) is 2.34. The van der Waals surface area contributed by atoms with Crippen LogP contribution in [0.4, 0.5) is 9.18 Å². The number of alkyl carbamates (subject to hydrolysis) is 1. The van der Waals surface area contributed by atoms with E-state index < -0.39 is 17.5 Å². The first-order valence-corrected chi connectivity index (χ1v) is 8.23. The molecule has 1 saturated carbocycles. The van der Waals surface area contributed by atoms with E-state index in [0.717, 1.165) is 6.42 Å². The van der Waals surface area contributed by atoms with Crippen LogP contribution in [0.3, 0.4) is 0 Å². The highest BCUT2D eigenvalue weighted by atomic mass is 35.5. The Kier molecular flexibility index (Phi) is 5.44. The van der Waals surface area contributed by atoms with Crippen molar-refractivity contribution in [2.75, 3.05) is 0 Å². The quantitative estimate of drug-likeness (QED) is 0.778. The number of amides is 1. The molecular formula is C16H21Cl2FN2O2. The number of nitrogens with one attached hydrogen (secondary N) is 2. The summed E-state index contributed by atoms with van der Waals surface area (Å²) in [5.41, 5.74) is -0.00565. The highest BCUT2D eigenvalue weighted by Gasteiger charge is 2.40. The topological polar surface area (TPSA) is 50.4 Å². The molecule has 1 aromatic carbocycles. The average Bonchev–Trinajstić information content (AvgIpc) is 3.09. The molecule has 2 rings (SSSR count). The van der Waals surface area contributed by atoms with E-state index in [9.17, 15) is 9.18 Å². The maximum atomic E-state index is 13.6. The lowest BCUT2D eigenvalue weighted by atomic mass is 10.1. The number of hydrogen-bond acceptors (Lipinski definition) is 3. The zero-order chi connectivity index (χ0) is 17.4. The monoisotopic (exact) mass is 362 g/mol. The number of rotatable bonds is 4. The van der Waals surface area contributed by atoms with Crippen LogP contribution in [0, 0.1) is 5.82 Å². The van der Waals surface area contributed by atoms with Crippen LogP contribution >= 0.6 is 23.2 Å². The summed E-state index contributed by atoms with van der Waals surface area (Å²) in [6, 6.07) is 2.55. The predicted octanol–water partition coefficient (Wildman–Crippen LogP) is 4.45. The van der Waals surface area contributed by atoms with Crippen molar-refractivity contribution in [3.05, 3.63) is 33.6 Å². The maximum Gasteiger partial charge on any atom is 0.407 e. The van der Waals surface area contributed by atoms with Gasteiger partial charge in [0.25, 0.3) is 0 Å². The number of benzene rings is 1. The van der Waals surface area contributed by atoms with Gasteiger partial charge in [0.2, 0.25) is 0 Å². The van der Waals surface area contributed by atoms with Crippen LogP contribution in [-0.4, -0.2) is 23.8 Å². The van der Waals surface area contributed by atoms with Crippen LogP contribution in [0.5, 0.6) is 0 Å². The molecule has 7 heteroatoms. The summed E-state index contributed by atoms with van der Waals surface area (Å²) in [5, 5.41) is 6.52. The van der Waals surface area contributed by atoms with Gasteiger partial charge in [-0.1, -0.05) is 23.2 Å². The summed E-state index contributed by atoms with van der Waals surface area (Å²) in [6.45, 7) is 7.29. The second kappa shape index (κ2) is 6.83. The van der Waals surface area contributed by atoms with Gasteiger partial charge in [0.05, 0.1) is 5.02 Å². The third kappa shape index (κ3) is 4.96. The van der Waals surface area contributed by atoms with E-state index in [1.807, 2.05) is 27.7 Å². The minimum atomic E-state index is -0.530. The molecule has 3 unspecified atom stereocenters. The Morgan fingerprint density at radius 3 is 2.61 bits per heavy atom. The van der Waals surface area contributed by atoms with Crippen LogP contribution in [-0.2, 0) is 4.74 Å². The highest BCUT2D eigenvalue weighted by Crippen LogP contribution is 2.34. The zero-order valence-corrected chi connectivity index (χ0v) is 15.1. The van der Waals surface area contributed by atoms with Crippen molar-refractivity contribution in [1.29, 1.82) is 0 Å². The molecule has 1 amide bonds. The van der Waals surface area contributed by atoms with Gasteiger partial charge in [-0.25, -0.2) is 9.18 Å². The van der Waals surface area contributed by atoms with E-state index in [0.29, 0.717) is 10.6 Å². The third-order valence-corrected chi connectivity index (χ3v) is 4.18. The molecule has 0 heterocycles. The molecule has 0 aromatic heterocycles. The summed E-state index contributed by atoms with van der Waals surface area (Å²) in [4.78, 5) is 11.7. The zero-order valence-electron chi connectivity index (χ0n) is 13.5. The lowest BCUT2D eigenvalue weighted by Gasteiger charge is -2.20. The molecule has 4 nitrogen and oxygen atoms in total. The SMILES string of the molecule is CC(NC1CC1NC(=O)OC(C)(C)C)c1c(Cl)ccc(F)c1Cl. The summed E-state index contributed by atoms with van der Waals surface area (Å²) >= 11 is 12.1. The van der Waals surface area contributed by atoms with E-state index in [4.69, 9.17) is 27.9 Å². The van der Waals surface area contributed by atoms with Crippen molar-refractivity contribution >= 4 is 29.3 Å². The lowest BCUT2D eigenvalue weighted by Crippen LogP contribution is -2.37. The van der Waals surface area contributed by atoms with E-state index >= 15 is 0 Å². The molecule has 1 aliphatic rings. The lowest BCUT2D eigenvalue weighted by molar-refractivity contribution is 0.0522. The molecule has 0 aliphatic heterocycles. The van der Waals surface area contributed by atoms with Gasteiger partial charge < -0.3 is 15.4 Å². The second-order valence-electron chi connectivity index (χ2n) is 6.74. The Bertz CT molecular complexity index is 604. The molecule has 0 saturated heterocycles. The number of halogens is 3. The summed E-state index contributed by atoms with van der Waals surface area (Å²) in [6.07, 6.45) is 0.329. The smallest absolute Gasteiger partial charge is 0.407 e. The van der Waals surface area contributed by atoms with Gasteiger partial charge in [0, 0.05) is 28.7 Å². The Labute approximate surface area is 145 Å². The van der Waals surface area contributed by atoms with Crippen molar-refractivity contribution in [1.82, 2.24) is 10.6 Å². The normalized spacial score (nSPS) is 21.7. The number of carbonyl (C=O) groups excluding carboxylic acids is 1. The van der Waals surface area contributed by atoms with Gasteiger partial charge in [-0.3, -0.25) is 0 Å². The van der Waals surface area contributed by atoms with E-state index in [2.05, 4.69) is 10.6 Å². The van der Waals surface area contributed by atoms with Gasteiger partial charge in [-0.15, -0.1) is 0 Å². The molecule has 1 aliphatic carbocycles. The largest absolute Gasteiger partial charge is 0.444 e. The number of ether oxygens (including phenoxy) is 1. The van der Waals surface area contributed by atoms with Gasteiger partial charge in [-0.05, 0) is 46.2 Å². The van der Waals surface area contributed by atoms with Gasteiger partial charge >= 0.3 is 6.09 Å². The molecule has 128 valence electrons. The van der Waals surface area contributed by atoms with Crippen molar-refractivity contribution in [3.8, 4) is 0 Å². The van der Waals surface area contributed by atoms with E-state index in [-0.39, 0.29) is 23.1 Å². The molecular weight excluding hydrogens is 342 g/mol. The standard InChI is InChI=1S/C16H21Cl2FN2O2/c1-8(13-9(17)5-6-10(19)14(13)18)20-11-7-12(11)21-15(22)23-16(2,3)4/h5-6,8,11-12,20H,7H2,1-4H3,(H,21,22). The highest BCUT2D eigenvalue weighted by molar-refractivity contribution is 6.36. The Balaban J connectivity index is 1.90. The molecule has 3 atom stereocenters. The third-order valence-electron chi connectivity index (χ3n) is 3.47. The van der Waals surface area contributed by atoms with Crippen molar-refractivity contribution in [2.24, 2.45) is 0 Å². The summed E-state index contributed by atoms with van der Waals surface area (Å²) in [5.74, 6) is -0.501. The molecule has 0 spiro atoms. The van der Waals surface area contributed by atoms with Crippen molar-refractivity contribution in [3.63, 3.8) is 0 Å². The molecule has 0 radical (unpaired) electrons. The predicted molar refractivity (Wildman–Crippen MR) is 89.5 cm³/mol. The summed E-state index contributed by atoms with van der Waals surface area (Å²) < 4.78 is 18.8. The maximum absolute atomic E-state index is 13.6. The van der Waals surface area contributed by atoms with Crippen LogP contribution in [0.25, 0.3) is 0 Å². The molecule has 0 bridgehead atoms.